The van der Waals surface area contributed by atoms with Gasteiger partial charge in [-0.1, -0.05) is 28.1 Å². The minimum atomic E-state index is 0.156. The van der Waals surface area contributed by atoms with Crippen LogP contribution in [-0.4, -0.2) is 10.4 Å². The molecule has 0 spiro atoms. The van der Waals surface area contributed by atoms with E-state index in [2.05, 4.69) is 64.0 Å². The van der Waals surface area contributed by atoms with E-state index < -0.39 is 0 Å². The minimum Gasteiger partial charge on any atom is -0.348 e. The fraction of sp³-hybridized carbons (Fsp3) is 0.190. The molecule has 24 heavy (non-hydrogen) atoms. The van der Waals surface area contributed by atoms with E-state index in [9.17, 15) is 4.79 Å². The van der Waals surface area contributed by atoms with E-state index in [0.717, 1.165) is 46.1 Å². The van der Waals surface area contributed by atoms with Crippen LogP contribution in [0.2, 0.25) is 0 Å². The van der Waals surface area contributed by atoms with Crippen molar-refractivity contribution in [3.05, 3.63) is 75.4 Å². The summed E-state index contributed by atoms with van der Waals surface area (Å²) in [4.78, 5) is 12.8. The molecule has 0 N–H and O–H groups in total. The third-order valence-corrected chi connectivity index (χ3v) is 5.24. The Balaban J connectivity index is 1.72. The van der Waals surface area contributed by atoms with Crippen molar-refractivity contribution < 1.29 is 4.79 Å². The van der Waals surface area contributed by atoms with Crippen molar-refractivity contribution in [2.24, 2.45) is 0 Å². The van der Waals surface area contributed by atoms with Gasteiger partial charge in [-0.25, -0.2) is 0 Å². The first kappa shape index (κ1) is 15.4. The highest BCUT2D eigenvalue weighted by Crippen LogP contribution is 2.29. The zero-order valence-corrected chi connectivity index (χ0v) is 15.1. The quantitative estimate of drug-likeness (QED) is 0.528. The second-order valence-corrected chi connectivity index (χ2v) is 7.14. The number of aromatic nitrogens is 1. The fourth-order valence-electron chi connectivity index (χ4n) is 3.46. The van der Waals surface area contributed by atoms with Crippen LogP contribution in [0.1, 0.15) is 34.8 Å². The summed E-state index contributed by atoms with van der Waals surface area (Å²) >= 11 is 3.47. The lowest BCUT2D eigenvalue weighted by Gasteiger charge is -2.17. The van der Waals surface area contributed by atoms with Gasteiger partial charge in [0.1, 0.15) is 0 Å². The Bertz CT molecular complexity index is 981. The summed E-state index contributed by atoms with van der Waals surface area (Å²) in [5, 5.41) is 1.22. The van der Waals surface area contributed by atoms with Crippen molar-refractivity contribution in [2.45, 2.75) is 26.3 Å². The van der Waals surface area contributed by atoms with Gasteiger partial charge in [0.2, 0.25) is 0 Å². The molecule has 120 valence electrons. The molecular formula is C21H18BrNO. The summed E-state index contributed by atoms with van der Waals surface area (Å²) in [7, 11) is 0. The van der Waals surface area contributed by atoms with Crippen LogP contribution in [0.3, 0.4) is 0 Å². The van der Waals surface area contributed by atoms with Crippen molar-refractivity contribution in [1.29, 1.82) is 0 Å². The maximum absolute atomic E-state index is 12.8. The zero-order valence-electron chi connectivity index (χ0n) is 13.6. The Morgan fingerprint density at radius 1 is 1.12 bits per heavy atom. The minimum absolute atomic E-state index is 0.156. The molecule has 2 aromatic carbocycles. The van der Waals surface area contributed by atoms with Crippen LogP contribution >= 0.6 is 15.9 Å². The van der Waals surface area contributed by atoms with Gasteiger partial charge < -0.3 is 4.57 Å². The van der Waals surface area contributed by atoms with Crippen LogP contribution in [0.15, 0.2) is 58.7 Å². The maximum atomic E-state index is 12.8. The smallest absolute Gasteiger partial charge is 0.189 e. The van der Waals surface area contributed by atoms with Crippen molar-refractivity contribution in [3.63, 3.8) is 0 Å². The third-order valence-electron chi connectivity index (χ3n) is 4.75. The van der Waals surface area contributed by atoms with Crippen molar-refractivity contribution in [1.82, 2.24) is 4.57 Å². The molecule has 0 saturated carbocycles. The number of Topliss-reactive ketones (excluding diaryl/α,β-unsaturated/α-hetero) is 1. The number of halogens is 1. The van der Waals surface area contributed by atoms with Gasteiger partial charge in [-0.05, 0) is 67.3 Å². The van der Waals surface area contributed by atoms with Gasteiger partial charge in [-0.2, -0.15) is 0 Å². The van der Waals surface area contributed by atoms with E-state index in [4.69, 9.17) is 0 Å². The summed E-state index contributed by atoms with van der Waals surface area (Å²) in [5.41, 5.74) is 5.22. The van der Waals surface area contributed by atoms with Crippen molar-refractivity contribution in [2.75, 3.05) is 0 Å². The lowest BCUT2D eigenvalue weighted by Crippen LogP contribution is -2.14. The summed E-state index contributed by atoms with van der Waals surface area (Å²) < 4.78 is 3.18. The highest BCUT2D eigenvalue weighted by Gasteiger charge is 2.21. The highest BCUT2D eigenvalue weighted by atomic mass is 79.9. The molecule has 3 heteroatoms. The van der Waals surface area contributed by atoms with Crippen molar-refractivity contribution in [3.8, 4) is 0 Å². The molecule has 1 heterocycles. The normalized spacial score (nSPS) is 15.9. The lowest BCUT2D eigenvalue weighted by molar-refractivity contribution is 0.102. The third kappa shape index (κ3) is 2.63. The molecule has 3 aromatic rings. The number of rotatable bonds is 2. The number of allylic oxidation sites excluding steroid dienone is 1. The van der Waals surface area contributed by atoms with Gasteiger partial charge in [0.25, 0.3) is 0 Å². The first-order valence-electron chi connectivity index (χ1n) is 8.28. The number of nitrogens with zero attached hydrogens (tertiary/aromatic N) is 1. The summed E-state index contributed by atoms with van der Waals surface area (Å²) in [6, 6.07) is 14.5. The largest absolute Gasteiger partial charge is 0.348 e. The summed E-state index contributed by atoms with van der Waals surface area (Å²) in [5.74, 6) is 0.156. The molecule has 1 aliphatic carbocycles. The van der Waals surface area contributed by atoms with Gasteiger partial charge in [-0.3, -0.25) is 4.79 Å². The molecule has 0 atom stereocenters. The maximum Gasteiger partial charge on any atom is 0.189 e. The molecule has 0 fully saturated rings. The first-order valence-corrected chi connectivity index (χ1v) is 9.07. The average molecular weight is 380 g/mol. The molecule has 4 rings (SSSR count). The topological polar surface area (TPSA) is 22.0 Å². The Hall–Kier alpha value is -2.13. The highest BCUT2D eigenvalue weighted by molar-refractivity contribution is 9.10. The number of hydrogen-bond acceptors (Lipinski definition) is 1. The standard InChI is InChI=1S/C21H18BrNO/c1-2-23-10-9-16-11-14(3-8-20(16)23)12-17-5-4-15-6-7-18(22)13-19(15)21(17)24/h3,6-13H,2,4-5H2,1H3/b17-12+. The molecule has 0 bridgehead atoms. The van der Waals surface area contributed by atoms with Gasteiger partial charge in [-0.15, -0.1) is 0 Å². The van der Waals surface area contributed by atoms with E-state index in [1.165, 1.54) is 10.9 Å². The van der Waals surface area contributed by atoms with Gasteiger partial charge in [0, 0.05) is 39.3 Å². The molecule has 0 aliphatic heterocycles. The van der Waals surface area contributed by atoms with E-state index >= 15 is 0 Å². The van der Waals surface area contributed by atoms with Crippen LogP contribution < -0.4 is 0 Å². The second kappa shape index (κ2) is 6.06. The van der Waals surface area contributed by atoms with Crippen LogP contribution in [-0.2, 0) is 13.0 Å². The summed E-state index contributed by atoms with van der Waals surface area (Å²) in [6.45, 7) is 3.11. The van der Waals surface area contributed by atoms with Gasteiger partial charge in [0.15, 0.2) is 5.78 Å². The van der Waals surface area contributed by atoms with Crippen LogP contribution in [0, 0.1) is 0 Å². The predicted octanol–water partition coefficient (Wildman–Crippen LogP) is 5.64. The van der Waals surface area contributed by atoms with Crippen LogP contribution in [0.25, 0.3) is 17.0 Å². The number of carbonyl (C=O) groups excluding carboxylic acids is 1. The van der Waals surface area contributed by atoms with E-state index in [1.807, 2.05) is 18.2 Å². The zero-order chi connectivity index (χ0) is 16.7. The first-order chi connectivity index (χ1) is 11.7. The number of ketones is 1. The SMILES string of the molecule is CCn1ccc2cc(/C=C3\CCc4ccc(Br)cc4C3=O)ccc21. The molecule has 0 unspecified atom stereocenters. The monoisotopic (exact) mass is 379 g/mol. The molecule has 1 aliphatic rings. The van der Waals surface area contributed by atoms with Crippen LogP contribution in [0.5, 0.6) is 0 Å². The number of fused-ring (bicyclic) bond motifs is 2. The van der Waals surface area contributed by atoms with Crippen molar-refractivity contribution >= 4 is 38.7 Å². The molecule has 0 saturated heterocycles. The van der Waals surface area contributed by atoms with E-state index in [1.54, 1.807) is 0 Å². The Kier molecular flexibility index (Phi) is 3.89. The number of hydrogen-bond donors (Lipinski definition) is 0. The van der Waals surface area contributed by atoms with E-state index in [-0.39, 0.29) is 5.78 Å². The predicted molar refractivity (Wildman–Crippen MR) is 102 cm³/mol. The molecular weight excluding hydrogens is 362 g/mol. The summed E-state index contributed by atoms with van der Waals surface area (Å²) in [6.07, 6.45) is 5.89. The Morgan fingerprint density at radius 2 is 2.00 bits per heavy atom. The fourth-order valence-corrected chi connectivity index (χ4v) is 3.82. The van der Waals surface area contributed by atoms with Crippen LogP contribution in [0.4, 0.5) is 0 Å². The number of benzene rings is 2. The van der Waals surface area contributed by atoms with Gasteiger partial charge >= 0.3 is 0 Å². The van der Waals surface area contributed by atoms with Gasteiger partial charge in [0.05, 0.1) is 0 Å². The second-order valence-electron chi connectivity index (χ2n) is 6.22. The molecule has 0 amide bonds. The lowest BCUT2D eigenvalue weighted by atomic mass is 9.86. The average Bonchev–Trinajstić information content (AvgIpc) is 3.00. The molecule has 0 radical (unpaired) electrons. The number of aryl methyl sites for hydroxylation is 2. The number of carbonyl (C=O) groups is 1. The molecule has 2 nitrogen and oxygen atoms in total. The Morgan fingerprint density at radius 3 is 2.83 bits per heavy atom. The Labute approximate surface area is 149 Å². The van der Waals surface area contributed by atoms with E-state index in [0.29, 0.717) is 0 Å². The molecule has 1 aromatic heterocycles.